The topological polar surface area (TPSA) is 154 Å². The molecule has 0 bridgehead atoms. The van der Waals surface area contributed by atoms with Crippen LogP contribution in [-0.4, -0.2) is 74.3 Å². The summed E-state index contributed by atoms with van der Waals surface area (Å²) < 4.78 is 33.7. The lowest BCUT2D eigenvalue weighted by atomic mass is 10.2. The van der Waals surface area contributed by atoms with Crippen molar-refractivity contribution in [2.75, 3.05) is 55.4 Å². The predicted octanol–water partition coefficient (Wildman–Crippen LogP) is 6.48. The summed E-state index contributed by atoms with van der Waals surface area (Å²) in [4.78, 5) is 40.1. The average Bonchev–Trinajstić information content (AvgIpc) is 3.12. The fourth-order valence-corrected chi connectivity index (χ4v) is 7.44. The van der Waals surface area contributed by atoms with E-state index in [1.807, 2.05) is 12.1 Å². The summed E-state index contributed by atoms with van der Waals surface area (Å²) in [6.45, 7) is 1.73. The van der Waals surface area contributed by atoms with Crippen molar-refractivity contribution in [1.29, 1.82) is 0 Å². The van der Waals surface area contributed by atoms with Crippen molar-refractivity contribution in [1.82, 2.24) is 9.21 Å². The molecule has 1 heterocycles. The molecule has 0 saturated carbocycles. The summed E-state index contributed by atoms with van der Waals surface area (Å²) in [6.07, 6.45) is -0.207. The van der Waals surface area contributed by atoms with Gasteiger partial charge >= 0.3 is 6.03 Å². The van der Waals surface area contributed by atoms with Crippen LogP contribution < -0.4 is 20.3 Å². The second kappa shape index (κ2) is 16.2. The molecule has 4 aromatic rings. The Balaban J connectivity index is 1.19. The second-order valence-electron chi connectivity index (χ2n) is 11.3. The van der Waals surface area contributed by atoms with Gasteiger partial charge in [-0.15, -0.1) is 0 Å². The number of benzene rings is 4. The number of nitrogens with zero attached hydrogens (tertiary/aromatic N) is 4. The number of hydrogen-bond donors (Lipinski definition) is 2. The summed E-state index contributed by atoms with van der Waals surface area (Å²) in [7, 11) is -2.86. The molecule has 1 aliphatic heterocycles. The van der Waals surface area contributed by atoms with Gasteiger partial charge in [-0.1, -0.05) is 53.5 Å². The third kappa shape index (κ3) is 8.82. The largest absolute Gasteiger partial charge is 0.497 e. The number of sulfonamides is 1. The highest BCUT2D eigenvalue weighted by molar-refractivity contribution is 7.89. The van der Waals surface area contributed by atoms with Crippen molar-refractivity contribution in [3.8, 4) is 5.75 Å². The quantitative estimate of drug-likeness (QED) is 0.124. The van der Waals surface area contributed by atoms with Crippen molar-refractivity contribution in [2.45, 2.75) is 17.9 Å². The third-order valence-electron chi connectivity index (χ3n) is 8.06. The zero-order valence-electron chi connectivity index (χ0n) is 26.9. The number of ether oxygens (including phenoxy) is 1. The molecule has 2 N–H and O–H groups in total. The summed E-state index contributed by atoms with van der Waals surface area (Å²) in [5.74, 6) is 0.144. The van der Waals surface area contributed by atoms with Crippen molar-refractivity contribution in [2.24, 2.45) is 0 Å². The Kier molecular flexibility index (Phi) is 11.8. The van der Waals surface area contributed by atoms with Gasteiger partial charge in [0.1, 0.15) is 5.75 Å². The van der Waals surface area contributed by atoms with E-state index in [4.69, 9.17) is 27.9 Å². The number of urea groups is 1. The van der Waals surface area contributed by atoms with Gasteiger partial charge in [0, 0.05) is 63.1 Å². The number of nitro groups is 1. The number of amides is 3. The molecular formula is C34H34Cl2N6O7S. The summed E-state index contributed by atoms with van der Waals surface area (Å²) in [5.41, 5.74) is 1.83. The Labute approximate surface area is 299 Å². The second-order valence-corrected chi connectivity index (χ2v) is 14.0. The summed E-state index contributed by atoms with van der Waals surface area (Å²) in [5, 5.41) is 17.9. The fourth-order valence-electron chi connectivity index (χ4n) is 5.36. The van der Waals surface area contributed by atoms with Crippen LogP contribution in [0.5, 0.6) is 5.75 Å². The number of rotatable bonds is 12. The number of nitro benzene ring substituents is 1. The molecule has 5 rings (SSSR count). The Morgan fingerprint density at radius 1 is 0.880 bits per heavy atom. The molecule has 1 saturated heterocycles. The smallest absolute Gasteiger partial charge is 0.322 e. The van der Waals surface area contributed by atoms with Gasteiger partial charge in [0.15, 0.2) is 4.90 Å². The van der Waals surface area contributed by atoms with Crippen LogP contribution in [0.2, 0.25) is 10.0 Å². The van der Waals surface area contributed by atoms with Crippen LogP contribution in [0.15, 0.2) is 95.9 Å². The molecule has 0 aromatic heterocycles. The van der Waals surface area contributed by atoms with Crippen LogP contribution in [0.1, 0.15) is 12.0 Å². The number of hydrogen-bond acceptors (Lipinski definition) is 8. The van der Waals surface area contributed by atoms with E-state index in [0.717, 1.165) is 16.1 Å². The first-order chi connectivity index (χ1) is 24.0. The monoisotopic (exact) mass is 740 g/mol. The molecule has 3 amide bonds. The minimum Gasteiger partial charge on any atom is -0.497 e. The summed E-state index contributed by atoms with van der Waals surface area (Å²) >= 11 is 12.4. The number of para-hydroxylation sites is 2. The van der Waals surface area contributed by atoms with E-state index in [1.165, 1.54) is 25.3 Å². The lowest BCUT2D eigenvalue weighted by Crippen LogP contribution is -2.50. The predicted molar refractivity (Wildman–Crippen MR) is 193 cm³/mol. The van der Waals surface area contributed by atoms with E-state index in [1.54, 1.807) is 59.5 Å². The molecule has 1 aliphatic rings. The van der Waals surface area contributed by atoms with Gasteiger partial charge in [0.2, 0.25) is 15.9 Å². The van der Waals surface area contributed by atoms with E-state index in [9.17, 15) is 28.1 Å². The van der Waals surface area contributed by atoms with Crippen LogP contribution in [0.25, 0.3) is 0 Å². The molecule has 0 aliphatic carbocycles. The van der Waals surface area contributed by atoms with E-state index >= 15 is 0 Å². The fraction of sp³-hybridized carbons (Fsp3) is 0.235. The maximum absolute atomic E-state index is 13.7. The number of nitrogens with one attached hydrogen (secondary N) is 2. The Morgan fingerprint density at radius 2 is 1.52 bits per heavy atom. The lowest BCUT2D eigenvalue weighted by molar-refractivity contribution is -0.387. The van der Waals surface area contributed by atoms with E-state index < -0.39 is 31.4 Å². The van der Waals surface area contributed by atoms with Crippen molar-refractivity contribution >= 4 is 67.9 Å². The van der Waals surface area contributed by atoms with Crippen LogP contribution in [0.3, 0.4) is 0 Å². The number of piperazine rings is 1. The normalized spacial score (nSPS) is 13.2. The number of halogens is 2. The Hall–Kier alpha value is -4.89. The first-order valence-electron chi connectivity index (χ1n) is 15.5. The van der Waals surface area contributed by atoms with Crippen LogP contribution in [0.4, 0.5) is 27.5 Å². The zero-order chi connectivity index (χ0) is 35.8. The molecule has 0 radical (unpaired) electrons. The maximum atomic E-state index is 13.7. The Bertz CT molecular complexity index is 1940. The molecule has 13 nitrogen and oxygen atoms in total. The third-order valence-corrected chi connectivity index (χ3v) is 10.6. The maximum Gasteiger partial charge on any atom is 0.322 e. The molecule has 1 fully saturated rings. The van der Waals surface area contributed by atoms with Crippen molar-refractivity contribution in [3.05, 3.63) is 117 Å². The highest BCUT2D eigenvalue weighted by Crippen LogP contribution is 2.31. The van der Waals surface area contributed by atoms with Gasteiger partial charge in [0.25, 0.3) is 5.69 Å². The van der Waals surface area contributed by atoms with Gasteiger partial charge in [-0.25, -0.2) is 13.2 Å². The first-order valence-corrected chi connectivity index (χ1v) is 17.7. The zero-order valence-corrected chi connectivity index (χ0v) is 29.2. The highest BCUT2D eigenvalue weighted by atomic mass is 35.5. The van der Waals surface area contributed by atoms with Crippen LogP contribution in [-0.2, 0) is 21.4 Å². The average molecular weight is 742 g/mol. The van der Waals surface area contributed by atoms with Gasteiger partial charge < -0.3 is 25.2 Å². The van der Waals surface area contributed by atoms with Gasteiger partial charge in [-0.3, -0.25) is 14.9 Å². The highest BCUT2D eigenvalue weighted by Gasteiger charge is 2.32. The number of carbonyl (C=O) groups excluding carboxylic acids is 2. The van der Waals surface area contributed by atoms with Gasteiger partial charge in [-0.2, -0.15) is 4.31 Å². The van der Waals surface area contributed by atoms with E-state index in [0.29, 0.717) is 58.9 Å². The molecule has 262 valence electrons. The molecule has 16 heteroatoms. The number of methoxy groups -OCH3 is 1. The molecular weight excluding hydrogens is 707 g/mol. The van der Waals surface area contributed by atoms with Crippen molar-refractivity contribution < 1.29 is 27.7 Å². The van der Waals surface area contributed by atoms with Gasteiger partial charge in [0.05, 0.1) is 27.8 Å². The molecule has 0 spiro atoms. The minimum absolute atomic E-state index is 0.122. The van der Waals surface area contributed by atoms with Crippen LogP contribution >= 0.6 is 23.2 Å². The lowest BCUT2D eigenvalue weighted by Gasteiger charge is -2.36. The molecule has 0 unspecified atom stereocenters. The Morgan fingerprint density at radius 3 is 2.14 bits per heavy atom. The molecule has 4 aromatic carbocycles. The molecule has 0 atom stereocenters. The molecule has 50 heavy (non-hydrogen) atoms. The standard InChI is InChI=1S/C34H34Cl2N6O7S/c1-49-27-15-9-24(10-16-27)23-41(50(47,48)31-8-3-2-7-30(31)42(45)46)18-17-32(43)37-25-11-13-26(14-12-25)39-19-21-40(22-20-39)34(44)38-33-28(35)5-4-6-29(33)36/h2-16H,17-23H2,1H3,(H,37,43)(H,38,44). The first kappa shape index (κ1) is 36.4. The van der Waals surface area contributed by atoms with Crippen LogP contribution in [0, 0.1) is 10.1 Å². The SMILES string of the molecule is COc1ccc(CN(CCC(=O)Nc2ccc(N3CCN(C(=O)Nc4c(Cl)cccc4Cl)CC3)cc2)S(=O)(=O)c2ccccc2[N+](=O)[O-])cc1. The van der Waals surface area contributed by atoms with E-state index in [-0.39, 0.29) is 25.5 Å². The van der Waals surface area contributed by atoms with Crippen molar-refractivity contribution in [3.63, 3.8) is 0 Å². The minimum atomic E-state index is -4.37. The van der Waals surface area contributed by atoms with E-state index in [2.05, 4.69) is 15.5 Å². The number of anilines is 3. The number of carbonyl (C=O) groups is 2. The van der Waals surface area contributed by atoms with Gasteiger partial charge in [-0.05, 0) is 60.2 Å². The summed E-state index contributed by atoms with van der Waals surface area (Å²) in [6, 6.07) is 23.7.